The molecule has 1 atom stereocenters. The largest absolute Gasteiger partial charge is 0.396 e. The molecule has 72 valence electrons. The number of aliphatic hydroxyl groups excluding tert-OH is 1. The second-order valence-corrected chi connectivity index (χ2v) is 3.50. The van der Waals surface area contributed by atoms with Crippen molar-refractivity contribution in [3.8, 4) is 0 Å². The van der Waals surface area contributed by atoms with Gasteiger partial charge in [-0.25, -0.2) is 0 Å². The van der Waals surface area contributed by atoms with Crippen molar-refractivity contribution in [3.05, 3.63) is 30.3 Å². The van der Waals surface area contributed by atoms with E-state index >= 15 is 0 Å². The highest BCUT2D eigenvalue weighted by Gasteiger charge is 2.04. The van der Waals surface area contributed by atoms with E-state index in [9.17, 15) is 0 Å². The van der Waals surface area contributed by atoms with Crippen LogP contribution in [0.5, 0.6) is 0 Å². The van der Waals surface area contributed by atoms with Gasteiger partial charge in [0, 0.05) is 25.9 Å². The molecule has 1 aromatic rings. The number of anilines is 1. The van der Waals surface area contributed by atoms with E-state index < -0.39 is 0 Å². The number of rotatable bonds is 4. The molecule has 0 saturated heterocycles. The molecule has 1 aromatic carbocycles. The molecular weight excluding hydrogens is 162 g/mol. The Labute approximate surface area is 79.8 Å². The maximum absolute atomic E-state index is 8.90. The zero-order valence-corrected chi connectivity index (χ0v) is 8.27. The van der Waals surface area contributed by atoms with Crippen molar-refractivity contribution in [2.45, 2.75) is 6.92 Å². The summed E-state index contributed by atoms with van der Waals surface area (Å²) in [5.41, 5.74) is 1.20. The summed E-state index contributed by atoms with van der Waals surface area (Å²) in [5, 5.41) is 8.90. The Morgan fingerprint density at radius 3 is 2.46 bits per heavy atom. The summed E-state index contributed by atoms with van der Waals surface area (Å²) >= 11 is 0. The molecule has 2 heteroatoms. The number of benzene rings is 1. The molecule has 13 heavy (non-hydrogen) atoms. The number of hydrogen-bond donors (Lipinski definition) is 1. The van der Waals surface area contributed by atoms with Crippen molar-refractivity contribution in [1.29, 1.82) is 0 Å². The van der Waals surface area contributed by atoms with Crippen molar-refractivity contribution < 1.29 is 5.11 Å². The molecule has 0 bridgehead atoms. The third kappa shape index (κ3) is 3.07. The molecule has 0 aliphatic carbocycles. The predicted octanol–water partition coefficient (Wildman–Crippen LogP) is 1.75. The van der Waals surface area contributed by atoms with Crippen LogP contribution in [-0.2, 0) is 0 Å². The van der Waals surface area contributed by atoms with Crippen LogP contribution in [0.3, 0.4) is 0 Å². The molecule has 0 amide bonds. The number of hydrogen-bond acceptors (Lipinski definition) is 2. The van der Waals surface area contributed by atoms with Gasteiger partial charge in [-0.1, -0.05) is 25.1 Å². The van der Waals surface area contributed by atoms with Crippen LogP contribution in [0.15, 0.2) is 30.3 Å². The van der Waals surface area contributed by atoms with Crippen LogP contribution in [0, 0.1) is 5.92 Å². The van der Waals surface area contributed by atoms with Crippen LogP contribution >= 0.6 is 0 Å². The zero-order chi connectivity index (χ0) is 9.68. The van der Waals surface area contributed by atoms with Gasteiger partial charge in [0.25, 0.3) is 0 Å². The lowest BCUT2D eigenvalue weighted by Gasteiger charge is -2.22. The van der Waals surface area contributed by atoms with E-state index in [-0.39, 0.29) is 6.61 Å². The van der Waals surface area contributed by atoms with Crippen molar-refractivity contribution in [1.82, 2.24) is 0 Å². The maximum atomic E-state index is 8.90. The van der Waals surface area contributed by atoms with Gasteiger partial charge in [-0.2, -0.15) is 0 Å². The molecule has 1 unspecified atom stereocenters. The molecule has 0 aliphatic heterocycles. The van der Waals surface area contributed by atoms with Crippen LogP contribution in [-0.4, -0.2) is 25.3 Å². The Morgan fingerprint density at radius 2 is 1.92 bits per heavy atom. The Balaban J connectivity index is 2.53. The van der Waals surface area contributed by atoms with E-state index in [0.717, 1.165) is 6.54 Å². The third-order valence-corrected chi connectivity index (χ3v) is 2.09. The van der Waals surface area contributed by atoms with Crippen molar-refractivity contribution in [2.75, 3.05) is 25.1 Å². The van der Waals surface area contributed by atoms with Gasteiger partial charge < -0.3 is 10.0 Å². The number of para-hydroxylation sites is 1. The molecule has 0 aliphatic rings. The maximum Gasteiger partial charge on any atom is 0.0473 e. The molecule has 0 spiro atoms. The first-order valence-electron chi connectivity index (χ1n) is 4.61. The first kappa shape index (κ1) is 10.1. The van der Waals surface area contributed by atoms with Gasteiger partial charge in [0.15, 0.2) is 0 Å². The lowest BCUT2D eigenvalue weighted by atomic mass is 10.2. The Kier molecular flexibility index (Phi) is 3.77. The highest BCUT2D eigenvalue weighted by Crippen LogP contribution is 2.12. The Bertz CT molecular complexity index is 235. The van der Waals surface area contributed by atoms with Crippen molar-refractivity contribution >= 4 is 5.69 Å². The summed E-state index contributed by atoms with van der Waals surface area (Å²) in [5.74, 6) is 0.324. The van der Waals surface area contributed by atoms with E-state index in [1.54, 1.807) is 0 Å². The molecule has 0 heterocycles. The molecule has 0 saturated carbocycles. The standard InChI is InChI=1S/C11H17NO/c1-10(9-13)8-12(2)11-6-4-3-5-7-11/h3-7,10,13H,8-9H2,1-2H3. The molecule has 0 radical (unpaired) electrons. The minimum Gasteiger partial charge on any atom is -0.396 e. The van der Waals surface area contributed by atoms with E-state index in [0.29, 0.717) is 5.92 Å². The third-order valence-electron chi connectivity index (χ3n) is 2.09. The van der Waals surface area contributed by atoms with Gasteiger partial charge in [0.05, 0.1) is 0 Å². The second-order valence-electron chi connectivity index (χ2n) is 3.50. The van der Waals surface area contributed by atoms with E-state index in [2.05, 4.69) is 17.0 Å². The summed E-state index contributed by atoms with van der Waals surface area (Å²) < 4.78 is 0. The Morgan fingerprint density at radius 1 is 1.31 bits per heavy atom. The average Bonchev–Trinajstić information content (AvgIpc) is 2.19. The van der Waals surface area contributed by atoms with Gasteiger partial charge in [-0.05, 0) is 18.1 Å². The van der Waals surface area contributed by atoms with Gasteiger partial charge in [0.1, 0.15) is 0 Å². The highest BCUT2D eigenvalue weighted by molar-refractivity contribution is 5.44. The molecule has 1 N–H and O–H groups in total. The van der Waals surface area contributed by atoms with Gasteiger partial charge in [-0.3, -0.25) is 0 Å². The quantitative estimate of drug-likeness (QED) is 0.761. The summed E-state index contributed by atoms with van der Waals surface area (Å²) in [6.45, 7) is 3.18. The number of aliphatic hydroxyl groups is 1. The molecular formula is C11H17NO. The lowest BCUT2D eigenvalue weighted by Crippen LogP contribution is -2.25. The van der Waals surface area contributed by atoms with Crippen LogP contribution < -0.4 is 4.90 Å². The summed E-state index contributed by atoms with van der Waals surface area (Å²) in [7, 11) is 2.04. The van der Waals surface area contributed by atoms with Gasteiger partial charge in [-0.15, -0.1) is 0 Å². The molecule has 0 fully saturated rings. The second kappa shape index (κ2) is 4.87. The minimum absolute atomic E-state index is 0.247. The lowest BCUT2D eigenvalue weighted by molar-refractivity contribution is 0.240. The SMILES string of the molecule is CC(CO)CN(C)c1ccccc1. The van der Waals surface area contributed by atoms with E-state index in [1.165, 1.54) is 5.69 Å². The van der Waals surface area contributed by atoms with E-state index in [1.807, 2.05) is 32.2 Å². The number of nitrogens with zero attached hydrogens (tertiary/aromatic N) is 1. The monoisotopic (exact) mass is 179 g/mol. The van der Waals surface area contributed by atoms with Crippen LogP contribution in [0.25, 0.3) is 0 Å². The fourth-order valence-corrected chi connectivity index (χ4v) is 1.31. The highest BCUT2D eigenvalue weighted by atomic mass is 16.3. The summed E-state index contributed by atoms with van der Waals surface area (Å²) in [6, 6.07) is 10.2. The smallest absolute Gasteiger partial charge is 0.0473 e. The van der Waals surface area contributed by atoms with Crippen molar-refractivity contribution in [3.63, 3.8) is 0 Å². The fraction of sp³-hybridized carbons (Fsp3) is 0.455. The molecule has 1 rings (SSSR count). The first-order valence-corrected chi connectivity index (χ1v) is 4.61. The van der Waals surface area contributed by atoms with Gasteiger partial charge >= 0.3 is 0 Å². The first-order chi connectivity index (χ1) is 6.24. The fourth-order valence-electron chi connectivity index (χ4n) is 1.31. The average molecular weight is 179 g/mol. The van der Waals surface area contributed by atoms with Gasteiger partial charge in [0.2, 0.25) is 0 Å². The van der Waals surface area contributed by atoms with Crippen LogP contribution in [0.4, 0.5) is 5.69 Å². The summed E-state index contributed by atoms with van der Waals surface area (Å²) in [6.07, 6.45) is 0. The summed E-state index contributed by atoms with van der Waals surface area (Å²) in [4.78, 5) is 2.15. The van der Waals surface area contributed by atoms with Crippen LogP contribution in [0.2, 0.25) is 0 Å². The minimum atomic E-state index is 0.247. The van der Waals surface area contributed by atoms with E-state index in [4.69, 9.17) is 5.11 Å². The Hall–Kier alpha value is -1.02. The van der Waals surface area contributed by atoms with Crippen molar-refractivity contribution in [2.24, 2.45) is 5.92 Å². The normalized spacial score (nSPS) is 12.5. The van der Waals surface area contributed by atoms with Crippen LogP contribution in [0.1, 0.15) is 6.92 Å². The predicted molar refractivity (Wildman–Crippen MR) is 56.0 cm³/mol. The molecule has 0 aromatic heterocycles. The molecule has 2 nitrogen and oxygen atoms in total. The zero-order valence-electron chi connectivity index (χ0n) is 8.27. The topological polar surface area (TPSA) is 23.5 Å².